The Bertz CT molecular complexity index is 624. The first-order valence-corrected chi connectivity index (χ1v) is 5.35. The Hall–Kier alpha value is -2.76. The van der Waals surface area contributed by atoms with E-state index in [4.69, 9.17) is 5.73 Å². The van der Waals surface area contributed by atoms with Gasteiger partial charge in [-0.2, -0.15) is 0 Å². The number of nitrogens with two attached hydrogens (primary N) is 1. The molecule has 0 radical (unpaired) electrons. The molecule has 0 bridgehead atoms. The Kier molecular flexibility index (Phi) is 3.24. The summed E-state index contributed by atoms with van der Waals surface area (Å²) in [4.78, 5) is 11.8. The minimum atomic E-state index is -0.576. The van der Waals surface area contributed by atoms with E-state index in [1.807, 2.05) is 0 Å². The van der Waals surface area contributed by atoms with Crippen LogP contribution in [-0.2, 0) is 0 Å². The predicted octanol–water partition coefficient (Wildman–Crippen LogP) is 2.07. The zero-order chi connectivity index (χ0) is 14.0. The highest BCUT2D eigenvalue weighted by Gasteiger charge is 2.09. The summed E-state index contributed by atoms with van der Waals surface area (Å²) in [7, 11) is 0. The van der Waals surface area contributed by atoms with Crippen LogP contribution in [0.15, 0.2) is 36.4 Å². The first-order chi connectivity index (χ1) is 8.95. The molecule has 0 fully saturated rings. The van der Waals surface area contributed by atoms with Crippen molar-refractivity contribution in [2.24, 2.45) is 0 Å². The third kappa shape index (κ3) is 2.92. The van der Waals surface area contributed by atoms with Gasteiger partial charge in [0.25, 0.3) is 5.91 Å². The standard InChI is InChI=1S/C13H11FN2O3/c14-11-2-1-8(5-12(11)15)16-13(19)7-3-9(17)6-10(18)4-7/h1-6,17-18H,15H2,(H,16,19). The van der Waals surface area contributed by atoms with Gasteiger partial charge in [0.1, 0.15) is 17.3 Å². The van der Waals surface area contributed by atoms with Crippen molar-refractivity contribution in [1.29, 1.82) is 0 Å². The van der Waals surface area contributed by atoms with Crippen molar-refractivity contribution in [2.75, 3.05) is 11.1 Å². The smallest absolute Gasteiger partial charge is 0.255 e. The molecule has 2 rings (SSSR count). The van der Waals surface area contributed by atoms with E-state index in [2.05, 4.69) is 5.32 Å². The van der Waals surface area contributed by atoms with Gasteiger partial charge in [0.15, 0.2) is 0 Å². The number of nitrogens with one attached hydrogen (secondary N) is 1. The van der Waals surface area contributed by atoms with Gasteiger partial charge in [-0.25, -0.2) is 4.39 Å². The number of phenolic OH excluding ortho intramolecular Hbond substituents is 2. The second-order valence-electron chi connectivity index (χ2n) is 3.93. The van der Waals surface area contributed by atoms with Crippen molar-refractivity contribution in [2.45, 2.75) is 0 Å². The minimum Gasteiger partial charge on any atom is -0.508 e. The predicted molar refractivity (Wildman–Crippen MR) is 68.5 cm³/mol. The molecule has 0 saturated heterocycles. The molecule has 0 aromatic heterocycles. The first kappa shape index (κ1) is 12.7. The van der Waals surface area contributed by atoms with Crippen molar-refractivity contribution in [3.05, 3.63) is 47.8 Å². The van der Waals surface area contributed by atoms with Gasteiger partial charge >= 0.3 is 0 Å². The van der Waals surface area contributed by atoms with Gasteiger partial charge in [-0.1, -0.05) is 0 Å². The fraction of sp³-hybridized carbons (Fsp3) is 0. The lowest BCUT2D eigenvalue weighted by molar-refractivity contribution is 0.102. The Morgan fingerprint density at radius 2 is 1.74 bits per heavy atom. The molecule has 0 saturated carbocycles. The first-order valence-electron chi connectivity index (χ1n) is 5.35. The van der Waals surface area contributed by atoms with Gasteiger partial charge < -0.3 is 21.3 Å². The number of anilines is 2. The maximum Gasteiger partial charge on any atom is 0.255 e. The van der Waals surface area contributed by atoms with E-state index in [0.29, 0.717) is 5.69 Å². The fourth-order valence-electron chi connectivity index (χ4n) is 1.55. The Morgan fingerprint density at radius 3 is 2.32 bits per heavy atom. The summed E-state index contributed by atoms with van der Waals surface area (Å²) in [6, 6.07) is 7.25. The van der Waals surface area contributed by atoms with Crippen LogP contribution in [0.4, 0.5) is 15.8 Å². The Balaban J connectivity index is 2.22. The van der Waals surface area contributed by atoms with E-state index >= 15 is 0 Å². The van der Waals surface area contributed by atoms with E-state index in [1.165, 1.54) is 24.3 Å². The van der Waals surface area contributed by atoms with E-state index in [9.17, 15) is 19.4 Å². The molecule has 5 N–H and O–H groups in total. The van der Waals surface area contributed by atoms with E-state index in [0.717, 1.165) is 12.1 Å². The zero-order valence-electron chi connectivity index (χ0n) is 9.72. The maximum atomic E-state index is 13.0. The van der Waals surface area contributed by atoms with Crippen LogP contribution in [0.25, 0.3) is 0 Å². The second-order valence-corrected chi connectivity index (χ2v) is 3.93. The van der Waals surface area contributed by atoms with Gasteiger partial charge in [-0.15, -0.1) is 0 Å². The molecule has 19 heavy (non-hydrogen) atoms. The van der Waals surface area contributed by atoms with Gasteiger partial charge in [0.05, 0.1) is 5.69 Å². The van der Waals surface area contributed by atoms with Gasteiger partial charge in [-0.3, -0.25) is 4.79 Å². The van der Waals surface area contributed by atoms with E-state index in [-0.39, 0.29) is 22.7 Å². The SMILES string of the molecule is Nc1cc(NC(=O)c2cc(O)cc(O)c2)ccc1F. The van der Waals surface area contributed by atoms with E-state index in [1.54, 1.807) is 0 Å². The topological polar surface area (TPSA) is 95.6 Å². The molecule has 2 aromatic rings. The van der Waals surface area contributed by atoms with Crippen molar-refractivity contribution in [3.8, 4) is 11.5 Å². The second kappa shape index (κ2) is 4.85. The molecule has 5 nitrogen and oxygen atoms in total. The Labute approximate surface area is 108 Å². The van der Waals surface area contributed by atoms with Crippen molar-refractivity contribution >= 4 is 17.3 Å². The van der Waals surface area contributed by atoms with Crippen LogP contribution in [0.3, 0.4) is 0 Å². The number of aromatic hydroxyl groups is 2. The molecule has 1 amide bonds. The zero-order valence-corrected chi connectivity index (χ0v) is 9.72. The summed E-state index contributed by atoms with van der Waals surface area (Å²) in [5.74, 6) is -1.60. The number of carbonyl (C=O) groups excluding carboxylic acids is 1. The number of benzene rings is 2. The molecular weight excluding hydrogens is 251 g/mol. The highest BCUT2D eigenvalue weighted by atomic mass is 19.1. The number of halogens is 1. The number of carbonyl (C=O) groups is 1. The molecule has 98 valence electrons. The quantitative estimate of drug-likeness (QED) is 0.623. The van der Waals surface area contributed by atoms with Crippen LogP contribution in [0, 0.1) is 5.82 Å². The molecule has 2 aromatic carbocycles. The number of rotatable bonds is 2. The van der Waals surface area contributed by atoms with Crippen LogP contribution in [0.2, 0.25) is 0 Å². The molecule has 6 heteroatoms. The molecule has 0 unspecified atom stereocenters. The molecule has 0 heterocycles. The van der Waals surface area contributed by atoms with Crippen molar-refractivity contribution in [1.82, 2.24) is 0 Å². The lowest BCUT2D eigenvalue weighted by Gasteiger charge is -2.07. The summed E-state index contributed by atoms with van der Waals surface area (Å²) in [6.45, 7) is 0. The number of nitrogen functional groups attached to an aromatic ring is 1. The minimum absolute atomic E-state index is 0.0698. The van der Waals surface area contributed by atoms with Gasteiger partial charge in [-0.05, 0) is 30.3 Å². The van der Waals surface area contributed by atoms with Crippen LogP contribution >= 0.6 is 0 Å². The highest BCUT2D eigenvalue weighted by molar-refractivity contribution is 6.04. The fourth-order valence-corrected chi connectivity index (χ4v) is 1.55. The van der Waals surface area contributed by atoms with Crippen LogP contribution in [0.1, 0.15) is 10.4 Å². The molecule has 0 aliphatic rings. The van der Waals surface area contributed by atoms with Crippen LogP contribution < -0.4 is 11.1 Å². The lowest BCUT2D eigenvalue weighted by atomic mass is 10.2. The molecule has 0 atom stereocenters. The summed E-state index contributed by atoms with van der Waals surface area (Å²) < 4.78 is 13.0. The monoisotopic (exact) mass is 262 g/mol. The lowest BCUT2D eigenvalue weighted by Crippen LogP contribution is -2.12. The molecular formula is C13H11FN2O3. The van der Waals surface area contributed by atoms with Gasteiger partial charge in [0, 0.05) is 17.3 Å². The number of amides is 1. The number of hydrogen-bond acceptors (Lipinski definition) is 4. The average Bonchev–Trinajstić information content (AvgIpc) is 2.32. The summed E-state index contributed by atoms with van der Waals surface area (Å²) in [5.41, 5.74) is 5.67. The molecule has 0 aliphatic carbocycles. The van der Waals surface area contributed by atoms with Crippen molar-refractivity contribution in [3.63, 3.8) is 0 Å². The van der Waals surface area contributed by atoms with Crippen molar-refractivity contribution < 1.29 is 19.4 Å². The largest absolute Gasteiger partial charge is 0.508 e. The number of hydrogen-bond donors (Lipinski definition) is 4. The van der Waals surface area contributed by atoms with Crippen LogP contribution in [0.5, 0.6) is 11.5 Å². The van der Waals surface area contributed by atoms with E-state index < -0.39 is 11.7 Å². The molecule has 0 aliphatic heterocycles. The van der Waals surface area contributed by atoms with Gasteiger partial charge in [0.2, 0.25) is 0 Å². The number of phenols is 2. The normalized spacial score (nSPS) is 10.2. The summed E-state index contributed by atoms with van der Waals surface area (Å²) in [5, 5.41) is 21.0. The third-order valence-corrected chi connectivity index (χ3v) is 2.42. The Morgan fingerprint density at radius 1 is 1.11 bits per heavy atom. The molecule has 0 spiro atoms. The third-order valence-electron chi connectivity index (χ3n) is 2.42. The highest BCUT2D eigenvalue weighted by Crippen LogP contribution is 2.22. The maximum absolute atomic E-state index is 13.0. The van der Waals surface area contributed by atoms with Crippen LogP contribution in [-0.4, -0.2) is 16.1 Å². The summed E-state index contributed by atoms with van der Waals surface area (Å²) >= 11 is 0. The summed E-state index contributed by atoms with van der Waals surface area (Å²) in [6.07, 6.45) is 0. The average molecular weight is 262 g/mol.